The zero-order valence-electron chi connectivity index (χ0n) is 10.8. The molecule has 0 fully saturated rings. The first-order valence-corrected chi connectivity index (χ1v) is 5.93. The lowest BCUT2D eigenvalue weighted by molar-refractivity contribution is -0.384. The van der Waals surface area contributed by atoms with Gasteiger partial charge in [0.15, 0.2) is 0 Å². The van der Waals surface area contributed by atoms with Crippen LogP contribution in [-0.2, 0) is 0 Å². The minimum absolute atomic E-state index is 0.0761. The maximum Gasteiger partial charge on any atom is 0.297 e. The molecule has 0 aromatic heterocycles. The van der Waals surface area contributed by atoms with Gasteiger partial charge in [0.2, 0.25) is 0 Å². The number of nitro groups is 1. The van der Waals surface area contributed by atoms with Gasteiger partial charge >= 0.3 is 0 Å². The number of hydrogen-bond donors (Lipinski definition) is 0. The van der Waals surface area contributed by atoms with Gasteiger partial charge in [0, 0.05) is 11.8 Å². The van der Waals surface area contributed by atoms with Crippen molar-refractivity contribution in [2.75, 3.05) is 0 Å². The molecule has 0 aliphatic heterocycles. The van der Waals surface area contributed by atoms with E-state index in [0.29, 0.717) is 11.3 Å². The van der Waals surface area contributed by atoms with Gasteiger partial charge in [-0.2, -0.15) is 0 Å². The second kappa shape index (κ2) is 5.44. The van der Waals surface area contributed by atoms with Gasteiger partial charge in [-0.1, -0.05) is 36.4 Å². The minimum Gasteiger partial charge on any atom is -0.258 e. The van der Waals surface area contributed by atoms with Crippen molar-refractivity contribution in [3.8, 4) is 0 Å². The summed E-state index contributed by atoms with van der Waals surface area (Å²) in [5.41, 5.74) is 2.93. The molecule has 96 valence electrons. The Morgan fingerprint density at radius 2 is 1.79 bits per heavy atom. The fourth-order valence-electron chi connectivity index (χ4n) is 1.80. The van der Waals surface area contributed by atoms with Crippen LogP contribution in [0.2, 0.25) is 0 Å². The van der Waals surface area contributed by atoms with E-state index in [1.807, 2.05) is 43.3 Å². The lowest BCUT2D eigenvalue weighted by Crippen LogP contribution is -1.94. The van der Waals surface area contributed by atoms with Crippen LogP contribution in [0.4, 0.5) is 11.4 Å². The van der Waals surface area contributed by atoms with Crippen LogP contribution in [0.15, 0.2) is 47.5 Å². The standard InChI is InChI=1S/C15H14N2O2/c1-11-8-9-14(15(12(11)2)17(18)19)16-10-13-6-4-3-5-7-13/h3-10H,1-2H3. The second-order valence-electron chi connectivity index (χ2n) is 4.30. The summed E-state index contributed by atoms with van der Waals surface area (Å²) in [6, 6.07) is 13.0. The Morgan fingerprint density at radius 3 is 2.42 bits per heavy atom. The Morgan fingerprint density at radius 1 is 1.11 bits per heavy atom. The largest absolute Gasteiger partial charge is 0.297 e. The fraction of sp³-hybridized carbons (Fsp3) is 0.133. The molecule has 0 aliphatic carbocycles. The van der Waals surface area contributed by atoms with Crippen LogP contribution in [0.5, 0.6) is 0 Å². The molecule has 0 saturated carbocycles. The van der Waals surface area contributed by atoms with Crippen molar-refractivity contribution in [3.05, 3.63) is 69.3 Å². The lowest BCUT2D eigenvalue weighted by atomic mass is 10.1. The second-order valence-corrected chi connectivity index (χ2v) is 4.30. The van der Waals surface area contributed by atoms with E-state index in [9.17, 15) is 10.1 Å². The van der Waals surface area contributed by atoms with Crippen LogP contribution in [0, 0.1) is 24.0 Å². The Labute approximate surface area is 111 Å². The summed E-state index contributed by atoms with van der Waals surface area (Å²) in [6.07, 6.45) is 1.64. The molecular formula is C15H14N2O2. The molecule has 0 spiro atoms. The van der Waals surface area contributed by atoms with Crippen LogP contribution in [0.25, 0.3) is 0 Å². The van der Waals surface area contributed by atoms with Gasteiger partial charge in [-0.05, 0) is 31.0 Å². The molecule has 2 aromatic carbocycles. The number of benzene rings is 2. The number of aliphatic imine (C=N–C) groups is 1. The van der Waals surface area contributed by atoms with Gasteiger partial charge in [-0.15, -0.1) is 0 Å². The summed E-state index contributed by atoms with van der Waals surface area (Å²) in [7, 11) is 0. The predicted octanol–water partition coefficient (Wildman–Crippen LogP) is 3.96. The maximum absolute atomic E-state index is 11.1. The summed E-state index contributed by atoms with van der Waals surface area (Å²) in [5, 5.41) is 11.1. The molecule has 4 nitrogen and oxygen atoms in total. The topological polar surface area (TPSA) is 55.5 Å². The minimum atomic E-state index is -0.375. The van der Waals surface area contributed by atoms with E-state index in [4.69, 9.17) is 0 Å². The molecule has 0 saturated heterocycles. The number of hydrogen-bond acceptors (Lipinski definition) is 3. The highest BCUT2D eigenvalue weighted by atomic mass is 16.6. The van der Waals surface area contributed by atoms with Crippen molar-refractivity contribution < 1.29 is 4.92 Å². The molecule has 0 atom stereocenters. The van der Waals surface area contributed by atoms with E-state index in [1.54, 1.807) is 19.2 Å². The van der Waals surface area contributed by atoms with E-state index in [0.717, 1.165) is 11.1 Å². The maximum atomic E-state index is 11.1. The predicted molar refractivity (Wildman–Crippen MR) is 76.3 cm³/mol. The van der Waals surface area contributed by atoms with Gasteiger partial charge in [-0.3, -0.25) is 10.1 Å². The summed E-state index contributed by atoms with van der Waals surface area (Å²) >= 11 is 0. The summed E-state index contributed by atoms with van der Waals surface area (Å²) < 4.78 is 0. The van der Waals surface area contributed by atoms with Crippen molar-refractivity contribution in [2.24, 2.45) is 4.99 Å². The van der Waals surface area contributed by atoms with E-state index < -0.39 is 0 Å². The summed E-state index contributed by atoms with van der Waals surface area (Å²) in [6.45, 7) is 3.60. The van der Waals surface area contributed by atoms with E-state index in [1.165, 1.54) is 0 Å². The van der Waals surface area contributed by atoms with Crippen LogP contribution in [0.3, 0.4) is 0 Å². The molecule has 0 radical (unpaired) electrons. The van der Waals surface area contributed by atoms with Crippen molar-refractivity contribution >= 4 is 17.6 Å². The molecule has 2 aromatic rings. The van der Waals surface area contributed by atoms with E-state index >= 15 is 0 Å². The highest BCUT2D eigenvalue weighted by Crippen LogP contribution is 2.32. The van der Waals surface area contributed by atoms with Crippen molar-refractivity contribution in [3.63, 3.8) is 0 Å². The number of nitro benzene ring substituents is 1. The third-order valence-corrected chi connectivity index (χ3v) is 3.02. The first-order valence-electron chi connectivity index (χ1n) is 5.93. The van der Waals surface area contributed by atoms with Crippen LogP contribution in [0.1, 0.15) is 16.7 Å². The average Bonchev–Trinajstić information content (AvgIpc) is 2.41. The first kappa shape index (κ1) is 13.0. The highest BCUT2D eigenvalue weighted by molar-refractivity contribution is 5.83. The Kier molecular flexibility index (Phi) is 3.71. The first-order chi connectivity index (χ1) is 9.09. The average molecular weight is 254 g/mol. The van der Waals surface area contributed by atoms with Gasteiger partial charge in [-0.25, -0.2) is 4.99 Å². The zero-order chi connectivity index (χ0) is 13.8. The van der Waals surface area contributed by atoms with Crippen molar-refractivity contribution in [2.45, 2.75) is 13.8 Å². The fourth-order valence-corrected chi connectivity index (χ4v) is 1.80. The van der Waals surface area contributed by atoms with Gasteiger partial charge in [0.05, 0.1) is 4.92 Å². The molecule has 0 amide bonds. The lowest BCUT2D eigenvalue weighted by Gasteiger charge is -2.04. The Bertz CT molecular complexity index is 634. The smallest absolute Gasteiger partial charge is 0.258 e. The van der Waals surface area contributed by atoms with Crippen LogP contribution < -0.4 is 0 Å². The molecule has 4 heteroatoms. The van der Waals surface area contributed by atoms with Gasteiger partial charge in [0.1, 0.15) is 5.69 Å². The SMILES string of the molecule is Cc1ccc(N=Cc2ccccc2)c([N+](=O)[O-])c1C. The number of aryl methyl sites for hydroxylation is 1. The molecule has 0 bridgehead atoms. The van der Waals surface area contributed by atoms with Crippen LogP contribution >= 0.6 is 0 Å². The van der Waals surface area contributed by atoms with Gasteiger partial charge in [0.25, 0.3) is 5.69 Å². The van der Waals surface area contributed by atoms with E-state index in [-0.39, 0.29) is 10.6 Å². The highest BCUT2D eigenvalue weighted by Gasteiger charge is 2.17. The third-order valence-electron chi connectivity index (χ3n) is 3.02. The summed E-state index contributed by atoms with van der Waals surface area (Å²) in [5.74, 6) is 0. The molecule has 2 rings (SSSR count). The van der Waals surface area contributed by atoms with Crippen molar-refractivity contribution in [1.82, 2.24) is 0 Å². The molecule has 0 N–H and O–H groups in total. The quantitative estimate of drug-likeness (QED) is 0.473. The monoisotopic (exact) mass is 254 g/mol. The van der Waals surface area contributed by atoms with E-state index in [2.05, 4.69) is 4.99 Å². The van der Waals surface area contributed by atoms with Crippen LogP contribution in [-0.4, -0.2) is 11.1 Å². The third kappa shape index (κ3) is 2.85. The molecule has 0 heterocycles. The number of rotatable bonds is 3. The van der Waals surface area contributed by atoms with Gasteiger partial charge < -0.3 is 0 Å². The molecule has 0 unspecified atom stereocenters. The molecule has 0 aliphatic rings. The zero-order valence-corrected chi connectivity index (χ0v) is 10.8. The normalized spacial score (nSPS) is 10.8. The Hall–Kier alpha value is -2.49. The molecule has 19 heavy (non-hydrogen) atoms. The number of nitrogens with zero attached hydrogens (tertiary/aromatic N) is 2. The molecular weight excluding hydrogens is 240 g/mol. The summed E-state index contributed by atoms with van der Waals surface area (Å²) in [4.78, 5) is 15.0. The van der Waals surface area contributed by atoms with Crippen molar-refractivity contribution in [1.29, 1.82) is 0 Å². The Balaban J connectivity index is 2.44.